The highest BCUT2D eigenvalue weighted by Crippen LogP contribution is 2.58. The van der Waals surface area contributed by atoms with E-state index < -0.39 is 5.41 Å². The van der Waals surface area contributed by atoms with Crippen LogP contribution in [0.25, 0.3) is 80.7 Å². The summed E-state index contributed by atoms with van der Waals surface area (Å²) in [6.45, 7) is 0. The van der Waals surface area contributed by atoms with Crippen LogP contribution < -0.4 is 4.90 Å². The molecule has 68 heavy (non-hydrogen) atoms. The van der Waals surface area contributed by atoms with Crippen LogP contribution in [0.3, 0.4) is 0 Å². The van der Waals surface area contributed by atoms with Gasteiger partial charge in [0.1, 0.15) is 0 Å². The van der Waals surface area contributed by atoms with Crippen LogP contribution in [-0.2, 0) is 5.41 Å². The van der Waals surface area contributed by atoms with Gasteiger partial charge in [-0.05, 0) is 110 Å². The van der Waals surface area contributed by atoms with Crippen LogP contribution in [0.4, 0.5) is 17.1 Å². The summed E-state index contributed by atoms with van der Waals surface area (Å²) in [7, 11) is 0. The van der Waals surface area contributed by atoms with Gasteiger partial charge in [0, 0.05) is 43.3 Å². The lowest BCUT2D eigenvalue weighted by molar-refractivity contribution is 0.768. The first-order chi connectivity index (χ1) is 33.7. The highest BCUT2D eigenvalue weighted by atomic mass is 32.1. The molecule has 1 aliphatic carbocycles. The maximum Gasteiger partial charge on any atom is 0.0714 e. The van der Waals surface area contributed by atoms with E-state index in [0.29, 0.717) is 0 Å². The Hall–Kier alpha value is -8.50. The van der Waals surface area contributed by atoms with E-state index in [1.165, 1.54) is 97.3 Å². The van der Waals surface area contributed by atoms with Crippen molar-refractivity contribution in [3.05, 3.63) is 277 Å². The van der Waals surface area contributed by atoms with Crippen LogP contribution in [0.15, 0.2) is 255 Å². The van der Waals surface area contributed by atoms with E-state index in [2.05, 4.69) is 264 Å². The lowest BCUT2D eigenvalue weighted by Gasteiger charge is -2.35. The molecule has 0 spiro atoms. The Kier molecular flexibility index (Phi) is 8.71. The van der Waals surface area contributed by atoms with Crippen LogP contribution >= 0.6 is 11.3 Å². The average Bonchev–Trinajstić information content (AvgIpc) is 4.06. The molecule has 2 heterocycles. The molecule has 0 N–H and O–H groups in total. The van der Waals surface area contributed by atoms with Crippen molar-refractivity contribution in [1.82, 2.24) is 4.57 Å². The molecular weight excluding hydrogens is 841 g/mol. The molecule has 0 bridgehead atoms. The van der Waals surface area contributed by atoms with E-state index in [-0.39, 0.29) is 0 Å². The molecule has 0 saturated carbocycles. The third-order valence-electron chi connectivity index (χ3n) is 14.5. The molecular formula is C65H42N2S. The minimum absolute atomic E-state index is 0.524. The van der Waals surface area contributed by atoms with Gasteiger partial charge in [-0.25, -0.2) is 0 Å². The maximum atomic E-state index is 2.50. The van der Waals surface area contributed by atoms with Gasteiger partial charge in [-0.1, -0.05) is 200 Å². The highest BCUT2D eigenvalue weighted by Gasteiger charge is 2.46. The van der Waals surface area contributed by atoms with Crippen molar-refractivity contribution in [2.45, 2.75) is 5.41 Å². The quantitative estimate of drug-likeness (QED) is 0.155. The van der Waals surface area contributed by atoms with Crippen molar-refractivity contribution in [3.63, 3.8) is 0 Å². The number of nitrogens with zero attached hydrogens (tertiary/aromatic N) is 2. The van der Waals surface area contributed by atoms with Crippen molar-refractivity contribution in [2.24, 2.45) is 0 Å². The molecule has 0 saturated heterocycles. The van der Waals surface area contributed by atoms with Gasteiger partial charge in [0.25, 0.3) is 0 Å². The number of fused-ring (bicyclic) bond motifs is 11. The summed E-state index contributed by atoms with van der Waals surface area (Å²) in [4.78, 5) is 2.50. The molecule has 0 radical (unpaired) electrons. The molecule has 11 aromatic carbocycles. The van der Waals surface area contributed by atoms with Crippen molar-refractivity contribution in [3.8, 4) is 27.9 Å². The molecule has 2 aromatic heterocycles. The molecule has 3 heteroatoms. The highest BCUT2D eigenvalue weighted by molar-refractivity contribution is 7.27. The first-order valence-corrected chi connectivity index (χ1v) is 24.2. The molecule has 0 unspecified atom stereocenters. The largest absolute Gasteiger partial charge is 0.309 e. The van der Waals surface area contributed by atoms with E-state index in [9.17, 15) is 0 Å². The molecule has 0 fully saturated rings. The maximum absolute atomic E-state index is 2.50. The number of hydrogen-bond donors (Lipinski definition) is 0. The predicted molar refractivity (Wildman–Crippen MR) is 289 cm³/mol. The fraction of sp³-hybridized carbons (Fsp3) is 0.0154. The topological polar surface area (TPSA) is 8.17 Å². The zero-order valence-corrected chi connectivity index (χ0v) is 37.9. The van der Waals surface area contributed by atoms with Crippen LogP contribution in [-0.4, -0.2) is 4.57 Å². The Bertz CT molecular complexity index is 4030. The summed E-state index contributed by atoms with van der Waals surface area (Å²) < 4.78 is 4.99. The van der Waals surface area contributed by atoms with Crippen LogP contribution in [0.2, 0.25) is 0 Å². The van der Waals surface area contributed by atoms with Crippen molar-refractivity contribution < 1.29 is 0 Å². The summed E-state index contributed by atoms with van der Waals surface area (Å²) in [6.07, 6.45) is 0. The third kappa shape index (κ3) is 5.70. The van der Waals surface area contributed by atoms with Gasteiger partial charge in [-0.15, -0.1) is 11.3 Å². The Balaban J connectivity index is 0.989. The Morgan fingerprint density at radius 1 is 0.353 bits per heavy atom. The second kappa shape index (κ2) is 15.3. The molecule has 0 aliphatic heterocycles. The van der Waals surface area contributed by atoms with Crippen LogP contribution in [0.5, 0.6) is 0 Å². The van der Waals surface area contributed by atoms with E-state index >= 15 is 0 Å². The Morgan fingerprint density at radius 3 is 1.74 bits per heavy atom. The molecule has 14 rings (SSSR count). The van der Waals surface area contributed by atoms with Gasteiger partial charge in [0.2, 0.25) is 0 Å². The first-order valence-electron chi connectivity index (χ1n) is 23.4. The summed E-state index contributed by atoms with van der Waals surface area (Å²) >= 11 is 1.90. The smallest absolute Gasteiger partial charge is 0.0714 e. The normalized spacial score (nSPS) is 12.8. The monoisotopic (exact) mass is 882 g/mol. The predicted octanol–water partition coefficient (Wildman–Crippen LogP) is 17.8. The zero-order chi connectivity index (χ0) is 44.8. The number of benzene rings is 11. The number of para-hydroxylation sites is 2. The number of rotatable bonds is 7. The van der Waals surface area contributed by atoms with E-state index in [4.69, 9.17) is 0 Å². The van der Waals surface area contributed by atoms with Crippen molar-refractivity contribution in [1.29, 1.82) is 0 Å². The minimum Gasteiger partial charge on any atom is -0.309 e. The fourth-order valence-electron chi connectivity index (χ4n) is 11.5. The lowest BCUT2D eigenvalue weighted by Crippen LogP contribution is -2.28. The number of aromatic nitrogens is 1. The van der Waals surface area contributed by atoms with Gasteiger partial charge in [-0.3, -0.25) is 0 Å². The first kappa shape index (κ1) is 38.7. The second-order valence-corrected chi connectivity index (χ2v) is 19.0. The number of anilines is 3. The van der Waals surface area contributed by atoms with Gasteiger partial charge >= 0.3 is 0 Å². The van der Waals surface area contributed by atoms with E-state index in [1.54, 1.807) is 0 Å². The molecule has 0 amide bonds. The van der Waals surface area contributed by atoms with Crippen LogP contribution in [0, 0.1) is 0 Å². The Labute approximate surface area is 398 Å². The fourth-order valence-corrected chi connectivity index (χ4v) is 12.8. The lowest BCUT2D eigenvalue weighted by atomic mass is 9.67. The SMILES string of the molecule is c1ccc(-n2c3ccccc3c3ccc(-c4ccc(N(c5ccc6c(c5)C(c5ccccc5)(c5ccccc5)c5ccccc5-6)c5cccc6c5sc5c7ccccc7ccc65)cc4)cc32)cc1. The van der Waals surface area contributed by atoms with Gasteiger partial charge < -0.3 is 9.47 Å². The standard InChI is InChI=1S/C65H42N2S/c1-4-18-46(19-5-1)65(47-20-6-2-7-21-47)58-28-14-12-25-52(58)53-40-37-50(42-59(53)65)66(61-30-16-27-56-57-39-33-44-17-10-11-24-51(44)63(57)68-64(56)61)49-35-31-43(32-36-49)45-34-38-55-54-26-13-15-29-60(54)67(62(55)41-45)48-22-8-3-9-23-48/h1-42H. The van der Waals surface area contributed by atoms with E-state index in [1.807, 2.05) is 11.3 Å². The Morgan fingerprint density at radius 2 is 0.941 bits per heavy atom. The summed E-state index contributed by atoms with van der Waals surface area (Å²) in [5.74, 6) is 0. The molecule has 0 atom stereocenters. The summed E-state index contributed by atoms with van der Waals surface area (Å²) in [6, 6.07) is 94.3. The second-order valence-electron chi connectivity index (χ2n) is 18.0. The molecule has 2 nitrogen and oxygen atoms in total. The summed E-state index contributed by atoms with van der Waals surface area (Å²) in [5.41, 5.74) is 16.4. The third-order valence-corrected chi connectivity index (χ3v) is 15.7. The van der Waals surface area contributed by atoms with Gasteiger partial charge in [-0.2, -0.15) is 0 Å². The molecule has 1 aliphatic rings. The number of hydrogen-bond acceptors (Lipinski definition) is 2. The minimum atomic E-state index is -0.524. The summed E-state index contributed by atoms with van der Waals surface area (Å²) in [5, 5.41) is 7.63. The van der Waals surface area contributed by atoms with Gasteiger partial charge in [0.15, 0.2) is 0 Å². The molecule has 13 aromatic rings. The average molecular weight is 883 g/mol. The van der Waals surface area contributed by atoms with Crippen molar-refractivity contribution >= 4 is 81.1 Å². The molecule has 318 valence electrons. The van der Waals surface area contributed by atoms with Gasteiger partial charge in [0.05, 0.1) is 26.8 Å². The van der Waals surface area contributed by atoms with Crippen LogP contribution in [0.1, 0.15) is 22.3 Å². The zero-order valence-electron chi connectivity index (χ0n) is 37.1. The van der Waals surface area contributed by atoms with Crippen molar-refractivity contribution in [2.75, 3.05) is 4.90 Å². The number of thiophene rings is 1. The van der Waals surface area contributed by atoms with E-state index in [0.717, 1.165) is 22.7 Å².